The van der Waals surface area contributed by atoms with Crippen LogP contribution in [-0.4, -0.2) is 5.78 Å². The highest BCUT2D eigenvalue weighted by Crippen LogP contribution is 2.43. The van der Waals surface area contributed by atoms with Gasteiger partial charge >= 0.3 is 0 Å². The smallest absolute Gasteiger partial charge is 0.205 e. The van der Waals surface area contributed by atoms with Crippen LogP contribution in [0.25, 0.3) is 0 Å². The molecule has 14 heavy (non-hydrogen) atoms. The van der Waals surface area contributed by atoms with E-state index in [0.717, 1.165) is 32.1 Å². The third kappa shape index (κ3) is 2.48. The van der Waals surface area contributed by atoms with E-state index >= 15 is 0 Å². The lowest BCUT2D eigenvalue weighted by Crippen LogP contribution is -2.27. The molecule has 1 aliphatic rings. The summed E-state index contributed by atoms with van der Waals surface area (Å²) in [4.78, 5) is 11.3. The third-order valence-electron chi connectivity index (χ3n) is 3.31. The van der Waals surface area contributed by atoms with Crippen molar-refractivity contribution in [1.82, 2.24) is 0 Å². The highest BCUT2D eigenvalue weighted by Gasteiger charge is 2.33. The molecule has 0 aromatic heterocycles. The van der Waals surface area contributed by atoms with E-state index in [0.29, 0.717) is 6.42 Å². The van der Waals surface area contributed by atoms with Crippen molar-refractivity contribution < 1.29 is 4.79 Å². The Bertz CT molecular complexity index is 282. The highest BCUT2D eigenvalue weighted by atomic mass is 16.1. The number of Topliss-reactive ketones (excluding diaryl/α,β-unsaturated/α-hetero) is 1. The zero-order chi connectivity index (χ0) is 10.6. The second-order valence-electron chi connectivity index (χ2n) is 4.38. The minimum absolute atomic E-state index is 0.0541. The molecule has 1 nitrogen and oxygen atoms in total. The maximum atomic E-state index is 11.3. The fourth-order valence-electron chi connectivity index (χ4n) is 2.39. The first-order chi connectivity index (χ1) is 6.62. The minimum Gasteiger partial charge on any atom is -0.285 e. The Balaban J connectivity index is 2.70. The van der Waals surface area contributed by atoms with Crippen LogP contribution in [0, 0.1) is 17.8 Å². The molecular weight excluding hydrogens is 172 g/mol. The molecule has 0 bridgehead atoms. The van der Waals surface area contributed by atoms with E-state index in [1.165, 1.54) is 5.57 Å². The normalized spacial score (nSPS) is 27.0. The first kappa shape index (κ1) is 11.0. The van der Waals surface area contributed by atoms with Crippen LogP contribution in [0.15, 0.2) is 12.2 Å². The maximum Gasteiger partial charge on any atom is 0.205 e. The molecule has 0 amide bonds. The first-order valence-corrected chi connectivity index (χ1v) is 5.28. The van der Waals surface area contributed by atoms with Gasteiger partial charge in [0.15, 0.2) is 0 Å². The number of carbonyl (C=O) groups excluding carboxylic acids is 1. The Morgan fingerprint density at radius 2 is 2.43 bits per heavy atom. The van der Waals surface area contributed by atoms with Gasteiger partial charge in [0.2, 0.25) is 5.78 Å². The van der Waals surface area contributed by atoms with Crippen molar-refractivity contribution in [1.29, 1.82) is 0 Å². The number of allylic oxidation sites excluding steroid dienone is 1. The Kier molecular flexibility index (Phi) is 3.52. The maximum absolute atomic E-state index is 11.3. The molecule has 0 aliphatic heterocycles. The monoisotopic (exact) mass is 190 g/mol. The standard InChI is InChI=1S/C13H18O/c1-4-12(14)10-13(5-2)8-6-7-11(3)9-13/h1H,3,5-10H2,2H3. The molecule has 0 heterocycles. The Morgan fingerprint density at radius 3 is 2.93 bits per heavy atom. The minimum atomic E-state index is -0.0541. The quantitative estimate of drug-likeness (QED) is 0.379. The van der Waals surface area contributed by atoms with Crippen LogP contribution in [0.3, 0.4) is 0 Å². The third-order valence-corrected chi connectivity index (χ3v) is 3.31. The molecule has 1 heteroatoms. The molecule has 0 aromatic rings. The number of rotatable bonds is 3. The van der Waals surface area contributed by atoms with Gasteiger partial charge in [-0.3, -0.25) is 4.79 Å². The van der Waals surface area contributed by atoms with Crippen molar-refractivity contribution in [3.63, 3.8) is 0 Å². The van der Waals surface area contributed by atoms with Gasteiger partial charge in [0.1, 0.15) is 0 Å². The number of hydrogen-bond acceptors (Lipinski definition) is 1. The molecule has 1 saturated carbocycles. The van der Waals surface area contributed by atoms with Gasteiger partial charge < -0.3 is 0 Å². The molecule has 0 radical (unpaired) electrons. The van der Waals surface area contributed by atoms with E-state index in [1.807, 2.05) is 0 Å². The molecule has 1 fully saturated rings. The SMILES string of the molecule is C#CC(=O)CC1(CC)CCCC(=C)C1. The van der Waals surface area contributed by atoms with Crippen molar-refractivity contribution in [2.75, 3.05) is 0 Å². The van der Waals surface area contributed by atoms with E-state index in [2.05, 4.69) is 19.4 Å². The number of carbonyl (C=O) groups is 1. The fraction of sp³-hybridized carbons (Fsp3) is 0.615. The molecule has 0 N–H and O–H groups in total. The Hall–Kier alpha value is -1.03. The van der Waals surface area contributed by atoms with Crippen LogP contribution in [0.5, 0.6) is 0 Å². The largest absolute Gasteiger partial charge is 0.285 e. The summed E-state index contributed by atoms with van der Waals surface area (Å²) in [6.45, 7) is 6.17. The lowest BCUT2D eigenvalue weighted by atomic mass is 9.68. The molecule has 1 aliphatic carbocycles. The van der Waals surface area contributed by atoms with Crippen LogP contribution in [0.1, 0.15) is 45.4 Å². The molecule has 0 aromatic carbocycles. The Morgan fingerprint density at radius 1 is 1.71 bits per heavy atom. The van der Waals surface area contributed by atoms with Crippen LogP contribution < -0.4 is 0 Å². The van der Waals surface area contributed by atoms with Crippen molar-refractivity contribution in [2.24, 2.45) is 5.41 Å². The van der Waals surface area contributed by atoms with Gasteiger partial charge in [0, 0.05) is 6.42 Å². The van der Waals surface area contributed by atoms with Gasteiger partial charge in [-0.25, -0.2) is 0 Å². The van der Waals surface area contributed by atoms with Gasteiger partial charge in [-0.1, -0.05) is 19.1 Å². The Labute approximate surface area is 86.6 Å². The van der Waals surface area contributed by atoms with Crippen molar-refractivity contribution in [3.8, 4) is 12.3 Å². The highest BCUT2D eigenvalue weighted by molar-refractivity contribution is 5.95. The van der Waals surface area contributed by atoms with E-state index in [1.54, 1.807) is 0 Å². The second kappa shape index (κ2) is 4.46. The first-order valence-electron chi connectivity index (χ1n) is 5.28. The van der Waals surface area contributed by atoms with Crippen molar-refractivity contribution in [2.45, 2.75) is 45.4 Å². The molecule has 0 spiro atoms. The van der Waals surface area contributed by atoms with Gasteiger partial charge in [-0.15, -0.1) is 6.42 Å². The number of terminal acetylenes is 1. The molecule has 76 valence electrons. The lowest BCUT2D eigenvalue weighted by molar-refractivity contribution is -0.116. The van der Waals surface area contributed by atoms with E-state index in [9.17, 15) is 4.79 Å². The summed E-state index contributed by atoms with van der Waals surface area (Å²) >= 11 is 0. The molecule has 1 rings (SSSR count). The summed E-state index contributed by atoms with van der Waals surface area (Å²) in [5, 5.41) is 0. The second-order valence-corrected chi connectivity index (χ2v) is 4.38. The van der Waals surface area contributed by atoms with E-state index in [4.69, 9.17) is 6.42 Å². The summed E-state index contributed by atoms with van der Waals surface area (Å²) in [6.07, 6.45) is 11.1. The van der Waals surface area contributed by atoms with Crippen molar-refractivity contribution >= 4 is 5.78 Å². The molecule has 0 saturated heterocycles. The molecular formula is C13H18O. The van der Waals surface area contributed by atoms with Gasteiger partial charge in [0.25, 0.3) is 0 Å². The van der Waals surface area contributed by atoms with E-state index in [-0.39, 0.29) is 11.2 Å². The molecule has 1 atom stereocenters. The number of hydrogen-bond donors (Lipinski definition) is 0. The van der Waals surface area contributed by atoms with Crippen LogP contribution in [0.4, 0.5) is 0 Å². The predicted octanol–water partition coefficient (Wildman–Crippen LogP) is 3.11. The number of ketones is 1. The topological polar surface area (TPSA) is 17.1 Å². The summed E-state index contributed by atoms with van der Waals surface area (Å²) in [6, 6.07) is 0. The summed E-state index contributed by atoms with van der Waals surface area (Å²) < 4.78 is 0. The molecule has 1 unspecified atom stereocenters. The average molecular weight is 190 g/mol. The zero-order valence-electron chi connectivity index (χ0n) is 8.94. The summed E-state index contributed by atoms with van der Waals surface area (Å²) in [5.41, 5.74) is 1.40. The average Bonchev–Trinajstić information content (AvgIpc) is 2.17. The van der Waals surface area contributed by atoms with Crippen molar-refractivity contribution in [3.05, 3.63) is 12.2 Å². The fourth-order valence-corrected chi connectivity index (χ4v) is 2.39. The van der Waals surface area contributed by atoms with Gasteiger partial charge in [-0.2, -0.15) is 0 Å². The zero-order valence-corrected chi connectivity index (χ0v) is 8.94. The van der Waals surface area contributed by atoms with E-state index < -0.39 is 0 Å². The lowest BCUT2D eigenvalue weighted by Gasteiger charge is -2.36. The van der Waals surface area contributed by atoms with Crippen LogP contribution >= 0.6 is 0 Å². The summed E-state index contributed by atoms with van der Waals surface area (Å²) in [7, 11) is 0. The van der Waals surface area contributed by atoms with Crippen LogP contribution in [0.2, 0.25) is 0 Å². The van der Waals surface area contributed by atoms with Gasteiger partial charge in [-0.05, 0) is 43.4 Å². The summed E-state index contributed by atoms with van der Waals surface area (Å²) in [5.74, 6) is 2.16. The predicted molar refractivity (Wildman–Crippen MR) is 58.8 cm³/mol. The van der Waals surface area contributed by atoms with Gasteiger partial charge in [0.05, 0.1) is 0 Å². The van der Waals surface area contributed by atoms with Crippen LogP contribution in [-0.2, 0) is 4.79 Å².